The Morgan fingerprint density at radius 1 is 1.50 bits per heavy atom. The van der Waals surface area contributed by atoms with Crippen molar-refractivity contribution in [1.82, 2.24) is 14.8 Å². The normalized spacial score (nSPS) is 10.8. The highest BCUT2D eigenvalue weighted by molar-refractivity contribution is 7.99. The molecule has 0 spiro atoms. The summed E-state index contributed by atoms with van der Waals surface area (Å²) in [6, 6.07) is 4.33. The maximum atomic E-state index is 13.9. The van der Waals surface area contributed by atoms with Crippen LogP contribution in [0.5, 0.6) is 0 Å². The monoisotopic (exact) mass is 295 g/mol. The number of nitrogens with one attached hydrogen (secondary N) is 1. The number of Topliss-reactive ketones (excluding diaryl/α,β-unsaturated/α-hetero) is 1. The van der Waals surface area contributed by atoms with Crippen LogP contribution < -0.4 is 5.69 Å². The van der Waals surface area contributed by atoms with E-state index in [2.05, 4.69) is 10.2 Å². The summed E-state index contributed by atoms with van der Waals surface area (Å²) >= 11 is 0.981. The van der Waals surface area contributed by atoms with Gasteiger partial charge in [0, 0.05) is 12.1 Å². The molecule has 0 radical (unpaired) electrons. The fourth-order valence-electron chi connectivity index (χ4n) is 1.78. The van der Waals surface area contributed by atoms with Gasteiger partial charge in [-0.15, -0.1) is 5.10 Å². The van der Waals surface area contributed by atoms with Crippen LogP contribution in [0.3, 0.4) is 0 Å². The van der Waals surface area contributed by atoms with Gasteiger partial charge < -0.3 is 0 Å². The molecule has 2 aromatic rings. The molecule has 0 atom stereocenters. The summed E-state index contributed by atoms with van der Waals surface area (Å²) in [6.45, 7) is 3.79. The van der Waals surface area contributed by atoms with Crippen molar-refractivity contribution in [3.8, 4) is 0 Å². The van der Waals surface area contributed by atoms with Gasteiger partial charge in [0.2, 0.25) is 0 Å². The maximum Gasteiger partial charge on any atom is 0.343 e. The van der Waals surface area contributed by atoms with Gasteiger partial charge in [-0.05, 0) is 31.2 Å². The molecule has 1 N–H and O–H groups in total. The first-order valence-electron chi connectivity index (χ1n) is 6.17. The lowest BCUT2D eigenvalue weighted by molar-refractivity contribution is 0.101. The molecule has 0 aliphatic heterocycles. The van der Waals surface area contributed by atoms with Crippen molar-refractivity contribution >= 4 is 17.5 Å². The predicted molar refractivity (Wildman–Crippen MR) is 73.7 cm³/mol. The van der Waals surface area contributed by atoms with Crippen molar-refractivity contribution in [1.29, 1.82) is 0 Å². The van der Waals surface area contributed by atoms with Gasteiger partial charge in [-0.2, -0.15) is 0 Å². The number of nitrogens with zero attached hydrogens (tertiary/aromatic N) is 2. The molecule has 0 bridgehead atoms. The number of rotatable bonds is 5. The number of aromatic amines is 1. The average molecular weight is 295 g/mol. The fourth-order valence-corrected chi connectivity index (χ4v) is 2.83. The number of halogens is 1. The second kappa shape index (κ2) is 6.04. The van der Waals surface area contributed by atoms with Crippen molar-refractivity contribution in [2.45, 2.75) is 36.9 Å². The summed E-state index contributed by atoms with van der Waals surface area (Å²) in [5.74, 6) is -0.729. The van der Waals surface area contributed by atoms with Gasteiger partial charge in [-0.3, -0.25) is 9.36 Å². The lowest BCUT2D eigenvalue weighted by atomic mass is 10.1. The zero-order valence-corrected chi connectivity index (χ0v) is 12.0. The Hall–Kier alpha value is -1.89. The lowest BCUT2D eigenvalue weighted by Crippen LogP contribution is -2.17. The molecule has 1 aromatic carbocycles. The van der Waals surface area contributed by atoms with Crippen LogP contribution in [0.4, 0.5) is 4.39 Å². The molecule has 106 valence electrons. The summed E-state index contributed by atoms with van der Waals surface area (Å²) in [4.78, 5) is 23.3. The van der Waals surface area contributed by atoms with Crippen LogP contribution in [0.15, 0.2) is 33.0 Å². The quantitative estimate of drug-likeness (QED) is 0.860. The van der Waals surface area contributed by atoms with E-state index in [-0.39, 0.29) is 21.9 Å². The first-order chi connectivity index (χ1) is 9.54. The Morgan fingerprint density at radius 3 is 2.90 bits per heavy atom. The molecular formula is C13H14FN3O2S. The first-order valence-corrected chi connectivity index (χ1v) is 6.98. The van der Waals surface area contributed by atoms with E-state index in [1.165, 1.54) is 23.6 Å². The van der Waals surface area contributed by atoms with Gasteiger partial charge in [0.05, 0.1) is 4.90 Å². The third kappa shape index (κ3) is 2.82. The summed E-state index contributed by atoms with van der Waals surface area (Å²) in [5.41, 5.74) is -0.0523. The lowest BCUT2D eigenvalue weighted by Gasteiger charge is -2.08. The third-order valence-electron chi connectivity index (χ3n) is 2.71. The topological polar surface area (TPSA) is 67.8 Å². The van der Waals surface area contributed by atoms with E-state index in [1.807, 2.05) is 6.92 Å². The highest BCUT2D eigenvalue weighted by Crippen LogP contribution is 2.31. The number of ketones is 1. The number of carbonyl (C=O) groups excluding carboxylic acids is 1. The van der Waals surface area contributed by atoms with Crippen molar-refractivity contribution < 1.29 is 9.18 Å². The van der Waals surface area contributed by atoms with Crippen molar-refractivity contribution in [2.75, 3.05) is 0 Å². The van der Waals surface area contributed by atoms with Crippen LogP contribution in [0, 0.1) is 5.82 Å². The number of hydrogen-bond donors (Lipinski definition) is 1. The minimum Gasteiger partial charge on any atom is -0.294 e. The fraction of sp³-hybridized carbons (Fsp3) is 0.308. The summed E-state index contributed by atoms with van der Waals surface area (Å²) in [7, 11) is 0. The van der Waals surface area contributed by atoms with Crippen molar-refractivity contribution in [3.63, 3.8) is 0 Å². The standard InChI is InChI=1S/C13H14FN3O2S/c1-3-7-17-12(19)15-16-13(17)20-11-9(8(2)18)5-4-6-10(11)14/h4-6H,3,7H2,1-2H3,(H,15,19). The van der Waals surface area contributed by atoms with Crippen LogP contribution in [-0.4, -0.2) is 20.5 Å². The van der Waals surface area contributed by atoms with Gasteiger partial charge in [-0.1, -0.05) is 19.1 Å². The molecule has 2 rings (SSSR count). The summed E-state index contributed by atoms with van der Waals surface area (Å²) in [5, 5.41) is 6.57. The molecule has 20 heavy (non-hydrogen) atoms. The number of H-pyrrole nitrogens is 1. The Bertz CT molecular complexity index is 693. The predicted octanol–water partition coefficient (Wildman–Crippen LogP) is 2.47. The van der Waals surface area contributed by atoms with Gasteiger partial charge in [0.1, 0.15) is 5.82 Å². The van der Waals surface area contributed by atoms with Crippen LogP contribution in [0.25, 0.3) is 0 Å². The molecule has 0 saturated heterocycles. The molecule has 0 unspecified atom stereocenters. The zero-order valence-electron chi connectivity index (χ0n) is 11.1. The van der Waals surface area contributed by atoms with Gasteiger partial charge in [0.15, 0.2) is 10.9 Å². The van der Waals surface area contributed by atoms with E-state index in [1.54, 1.807) is 6.07 Å². The minimum atomic E-state index is -0.499. The molecule has 1 aromatic heterocycles. The number of aromatic nitrogens is 3. The Morgan fingerprint density at radius 2 is 2.25 bits per heavy atom. The SMILES string of the molecule is CCCn1c(Sc2c(F)cccc2C(C)=O)n[nH]c1=O. The van der Waals surface area contributed by atoms with Crippen LogP contribution in [-0.2, 0) is 6.54 Å². The molecular weight excluding hydrogens is 281 g/mol. The number of hydrogen-bond acceptors (Lipinski definition) is 4. The molecule has 0 saturated carbocycles. The van der Waals surface area contributed by atoms with Gasteiger partial charge in [0.25, 0.3) is 0 Å². The summed E-state index contributed by atoms with van der Waals surface area (Å²) < 4.78 is 15.4. The molecule has 0 fully saturated rings. The Balaban J connectivity index is 2.45. The summed E-state index contributed by atoms with van der Waals surface area (Å²) in [6.07, 6.45) is 0.754. The maximum absolute atomic E-state index is 13.9. The van der Waals surface area contributed by atoms with E-state index in [0.29, 0.717) is 11.7 Å². The van der Waals surface area contributed by atoms with Gasteiger partial charge >= 0.3 is 5.69 Å². The first kappa shape index (κ1) is 14.5. The smallest absolute Gasteiger partial charge is 0.294 e. The number of carbonyl (C=O) groups is 1. The highest BCUT2D eigenvalue weighted by atomic mass is 32.2. The van der Waals surface area contributed by atoms with Crippen molar-refractivity contribution in [3.05, 3.63) is 40.1 Å². The van der Waals surface area contributed by atoms with Crippen molar-refractivity contribution in [2.24, 2.45) is 0 Å². The Labute approximate surface area is 119 Å². The largest absolute Gasteiger partial charge is 0.343 e. The van der Waals surface area contributed by atoms with E-state index in [4.69, 9.17) is 0 Å². The molecule has 5 nitrogen and oxygen atoms in total. The van der Waals surface area contributed by atoms with Crippen LogP contribution in [0.2, 0.25) is 0 Å². The van der Waals surface area contributed by atoms with E-state index < -0.39 is 5.82 Å². The van der Waals surface area contributed by atoms with Crippen LogP contribution in [0.1, 0.15) is 30.6 Å². The third-order valence-corrected chi connectivity index (χ3v) is 3.82. The van der Waals surface area contributed by atoms with Gasteiger partial charge in [-0.25, -0.2) is 14.3 Å². The van der Waals surface area contributed by atoms with E-state index in [0.717, 1.165) is 18.2 Å². The minimum absolute atomic E-state index is 0.191. The highest BCUT2D eigenvalue weighted by Gasteiger charge is 2.17. The molecule has 0 amide bonds. The molecule has 1 heterocycles. The second-order valence-electron chi connectivity index (χ2n) is 4.24. The molecule has 7 heteroatoms. The number of benzene rings is 1. The molecule has 0 aliphatic rings. The zero-order chi connectivity index (χ0) is 14.7. The van der Waals surface area contributed by atoms with Crippen LogP contribution >= 0.6 is 11.8 Å². The average Bonchev–Trinajstić information content (AvgIpc) is 2.74. The second-order valence-corrected chi connectivity index (χ2v) is 5.22. The van der Waals surface area contributed by atoms with E-state index in [9.17, 15) is 14.0 Å². The molecule has 0 aliphatic carbocycles. The van der Waals surface area contributed by atoms with E-state index >= 15 is 0 Å². The Kier molecular flexibility index (Phi) is 4.39.